The van der Waals surface area contributed by atoms with E-state index in [1.54, 1.807) is 17.0 Å². The van der Waals surface area contributed by atoms with Crippen LogP contribution < -0.4 is 4.74 Å². The number of amides is 1. The topological polar surface area (TPSA) is 42.4 Å². The highest BCUT2D eigenvalue weighted by Crippen LogP contribution is 2.27. The van der Waals surface area contributed by atoms with Gasteiger partial charge in [0.15, 0.2) is 0 Å². The van der Waals surface area contributed by atoms with Gasteiger partial charge in [-0.1, -0.05) is 30.3 Å². The number of pyridine rings is 1. The number of halogens is 1. The fraction of sp³-hybridized carbons (Fsp3) is 0.158. The Bertz CT molecular complexity index is 909. The van der Waals surface area contributed by atoms with Crippen molar-refractivity contribution < 1.29 is 13.9 Å². The van der Waals surface area contributed by atoms with Gasteiger partial charge in [-0.2, -0.15) is 0 Å². The van der Waals surface area contributed by atoms with Crippen molar-refractivity contribution in [3.05, 3.63) is 71.5 Å². The van der Waals surface area contributed by atoms with Gasteiger partial charge in [0.2, 0.25) is 5.88 Å². The van der Waals surface area contributed by atoms with Crippen LogP contribution in [0.25, 0.3) is 10.9 Å². The van der Waals surface area contributed by atoms with E-state index in [1.807, 2.05) is 30.3 Å². The van der Waals surface area contributed by atoms with Crippen LogP contribution >= 0.6 is 0 Å². The van der Waals surface area contributed by atoms with Crippen LogP contribution in [0.2, 0.25) is 0 Å². The molecule has 0 bridgehead atoms. The van der Waals surface area contributed by atoms with Crippen molar-refractivity contribution in [2.45, 2.75) is 13.0 Å². The van der Waals surface area contributed by atoms with Gasteiger partial charge in [-0.25, -0.2) is 14.2 Å². The van der Waals surface area contributed by atoms with Crippen molar-refractivity contribution in [3.63, 3.8) is 0 Å². The Morgan fingerprint density at radius 2 is 1.92 bits per heavy atom. The third-order valence-electron chi connectivity index (χ3n) is 4.15. The lowest BCUT2D eigenvalue weighted by Gasteiger charge is -2.27. The Balaban J connectivity index is 1.53. The van der Waals surface area contributed by atoms with Crippen molar-refractivity contribution >= 4 is 17.0 Å². The quantitative estimate of drug-likeness (QED) is 0.734. The second-order valence-corrected chi connectivity index (χ2v) is 5.81. The predicted molar refractivity (Wildman–Crippen MR) is 88.3 cm³/mol. The molecule has 3 aromatic rings. The Kier molecular flexibility index (Phi) is 3.61. The fourth-order valence-electron chi connectivity index (χ4n) is 2.85. The molecule has 0 unspecified atom stereocenters. The molecule has 0 saturated heterocycles. The molecule has 4 nitrogen and oxygen atoms in total. The average molecular weight is 322 g/mol. The maximum Gasteiger partial charge on any atom is 0.416 e. The highest BCUT2D eigenvalue weighted by molar-refractivity contribution is 5.82. The van der Waals surface area contributed by atoms with Gasteiger partial charge in [-0.15, -0.1) is 0 Å². The number of carbonyl (C=O) groups excluding carboxylic acids is 1. The molecule has 1 amide bonds. The van der Waals surface area contributed by atoms with Crippen molar-refractivity contribution in [1.29, 1.82) is 0 Å². The largest absolute Gasteiger partial charge is 0.416 e. The first-order valence-corrected chi connectivity index (χ1v) is 7.79. The zero-order chi connectivity index (χ0) is 16.5. The molecule has 5 heteroatoms. The number of benzene rings is 2. The van der Waals surface area contributed by atoms with Gasteiger partial charge in [-0.3, -0.25) is 0 Å². The van der Waals surface area contributed by atoms with Crippen LogP contribution in [0.1, 0.15) is 11.1 Å². The van der Waals surface area contributed by atoms with Gasteiger partial charge in [0, 0.05) is 17.5 Å². The molecule has 0 atom stereocenters. The van der Waals surface area contributed by atoms with Crippen LogP contribution in [0, 0.1) is 5.82 Å². The number of fused-ring (bicyclic) bond motifs is 2. The summed E-state index contributed by atoms with van der Waals surface area (Å²) in [6, 6.07) is 16.1. The second-order valence-electron chi connectivity index (χ2n) is 5.81. The number of ether oxygens (including phenoxy) is 1. The standard InChI is InChI=1S/C19H15FN2O2/c20-16-7-5-13(6-8-16)9-10-22-12-15-11-14-3-1-2-4-17(14)21-18(15)24-19(22)23/h1-8,11H,9-10,12H2. The molecule has 0 fully saturated rings. The van der Waals surface area contributed by atoms with E-state index < -0.39 is 6.09 Å². The number of hydrogen-bond donors (Lipinski definition) is 0. The number of rotatable bonds is 3. The first-order valence-electron chi connectivity index (χ1n) is 7.79. The first kappa shape index (κ1) is 14.6. The molecule has 0 spiro atoms. The summed E-state index contributed by atoms with van der Waals surface area (Å²) in [6.07, 6.45) is 0.249. The Hall–Kier alpha value is -2.95. The van der Waals surface area contributed by atoms with Crippen LogP contribution in [0.5, 0.6) is 5.88 Å². The van der Waals surface area contributed by atoms with E-state index in [-0.39, 0.29) is 5.82 Å². The van der Waals surface area contributed by atoms with E-state index in [0.717, 1.165) is 22.0 Å². The predicted octanol–water partition coefficient (Wildman–Crippen LogP) is 3.93. The number of hydrogen-bond acceptors (Lipinski definition) is 3. The summed E-state index contributed by atoms with van der Waals surface area (Å²) < 4.78 is 18.3. The minimum Gasteiger partial charge on any atom is -0.391 e. The molecule has 0 N–H and O–H groups in total. The SMILES string of the molecule is O=C1Oc2nc3ccccc3cc2CN1CCc1ccc(F)cc1. The lowest BCUT2D eigenvalue weighted by molar-refractivity contribution is 0.137. The van der Waals surface area contributed by atoms with Gasteiger partial charge in [-0.05, 0) is 36.2 Å². The monoisotopic (exact) mass is 322 g/mol. The first-order chi connectivity index (χ1) is 11.7. The van der Waals surface area contributed by atoms with E-state index in [0.29, 0.717) is 25.4 Å². The van der Waals surface area contributed by atoms with Crippen LogP contribution in [0.15, 0.2) is 54.6 Å². The van der Waals surface area contributed by atoms with Crippen molar-refractivity contribution in [1.82, 2.24) is 9.88 Å². The van der Waals surface area contributed by atoms with E-state index in [4.69, 9.17) is 4.74 Å². The third-order valence-corrected chi connectivity index (χ3v) is 4.15. The summed E-state index contributed by atoms with van der Waals surface area (Å²) in [7, 11) is 0. The highest BCUT2D eigenvalue weighted by atomic mass is 19.1. The molecule has 24 heavy (non-hydrogen) atoms. The number of aromatic nitrogens is 1. The van der Waals surface area contributed by atoms with E-state index >= 15 is 0 Å². The van der Waals surface area contributed by atoms with Crippen molar-refractivity contribution in [2.75, 3.05) is 6.54 Å². The summed E-state index contributed by atoms with van der Waals surface area (Å²) in [6.45, 7) is 0.976. The maximum atomic E-state index is 12.9. The number of para-hydroxylation sites is 1. The summed E-state index contributed by atoms with van der Waals surface area (Å²) >= 11 is 0. The van der Waals surface area contributed by atoms with Gasteiger partial charge in [0.25, 0.3) is 0 Å². The molecule has 2 aromatic carbocycles. The van der Waals surface area contributed by atoms with E-state index in [2.05, 4.69) is 4.98 Å². The molecule has 1 aliphatic rings. The number of carbonyl (C=O) groups is 1. The van der Waals surface area contributed by atoms with Gasteiger partial charge in [0.05, 0.1) is 12.1 Å². The molecule has 1 aromatic heterocycles. The molecule has 1 aliphatic heterocycles. The summed E-state index contributed by atoms with van der Waals surface area (Å²) in [5, 5.41) is 1.02. The Morgan fingerprint density at radius 3 is 2.75 bits per heavy atom. The lowest BCUT2D eigenvalue weighted by Crippen LogP contribution is -2.38. The smallest absolute Gasteiger partial charge is 0.391 e. The van der Waals surface area contributed by atoms with Crippen molar-refractivity contribution in [3.8, 4) is 5.88 Å². The second kappa shape index (κ2) is 5.92. The average Bonchev–Trinajstić information content (AvgIpc) is 2.59. The summed E-state index contributed by atoms with van der Waals surface area (Å²) in [5.74, 6) is 0.125. The Morgan fingerprint density at radius 1 is 1.12 bits per heavy atom. The van der Waals surface area contributed by atoms with E-state index in [9.17, 15) is 9.18 Å². The molecule has 4 rings (SSSR count). The zero-order valence-electron chi connectivity index (χ0n) is 12.9. The van der Waals surface area contributed by atoms with Gasteiger partial charge in [0.1, 0.15) is 5.82 Å². The molecule has 2 heterocycles. The summed E-state index contributed by atoms with van der Waals surface area (Å²) in [5.41, 5.74) is 2.68. The van der Waals surface area contributed by atoms with Crippen LogP contribution in [0.4, 0.5) is 9.18 Å². The van der Waals surface area contributed by atoms with Gasteiger partial charge < -0.3 is 9.64 Å². The van der Waals surface area contributed by atoms with E-state index in [1.165, 1.54) is 12.1 Å². The van der Waals surface area contributed by atoms with Crippen LogP contribution in [-0.2, 0) is 13.0 Å². The third kappa shape index (κ3) is 2.80. The number of nitrogens with zero attached hydrogens (tertiary/aromatic N) is 2. The lowest BCUT2D eigenvalue weighted by atomic mass is 10.1. The zero-order valence-corrected chi connectivity index (χ0v) is 12.9. The normalized spacial score (nSPS) is 13.7. The van der Waals surface area contributed by atoms with Gasteiger partial charge >= 0.3 is 6.09 Å². The highest BCUT2D eigenvalue weighted by Gasteiger charge is 2.26. The van der Waals surface area contributed by atoms with Crippen LogP contribution in [-0.4, -0.2) is 22.5 Å². The summed E-state index contributed by atoms with van der Waals surface area (Å²) in [4.78, 5) is 18.2. The molecule has 0 radical (unpaired) electrons. The molecule has 0 saturated carbocycles. The molecular formula is C19H15FN2O2. The minimum atomic E-state index is -0.396. The molecule has 120 valence electrons. The minimum absolute atomic E-state index is 0.261. The Labute approximate surface area is 138 Å². The fourth-order valence-corrected chi connectivity index (χ4v) is 2.85. The van der Waals surface area contributed by atoms with Crippen molar-refractivity contribution in [2.24, 2.45) is 0 Å². The van der Waals surface area contributed by atoms with Crippen LogP contribution in [0.3, 0.4) is 0 Å². The molecule has 0 aliphatic carbocycles. The molecular weight excluding hydrogens is 307 g/mol. The maximum absolute atomic E-state index is 12.9.